The summed E-state index contributed by atoms with van der Waals surface area (Å²) in [6.45, 7) is 10.2. The minimum absolute atomic E-state index is 0.0175. The highest BCUT2D eigenvalue weighted by Gasteiger charge is 2.16. The van der Waals surface area contributed by atoms with Gasteiger partial charge in [0.1, 0.15) is 5.82 Å². The number of benzene rings is 2. The van der Waals surface area contributed by atoms with E-state index in [2.05, 4.69) is 71.3 Å². The predicted octanol–water partition coefficient (Wildman–Crippen LogP) is 5.20. The molecule has 0 radical (unpaired) electrons. The molecule has 0 fully saturated rings. The first-order valence-corrected chi connectivity index (χ1v) is 11.0. The quantitative estimate of drug-likeness (QED) is 0.518. The fourth-order valence-electron chi connectivity index (χ4n) is 3.46. The van der Waals surface area contributed by atoms with Gasteiger partial charge in [0.2, 0.25) is 0 Å². The molecule has 3 rings (SSSR count). The summed E-state index contributed by atoms with van der Waals surface area (Å²) in [5.74, 6) is 0.907. The van der Waals surface area contributed by atoms with E-state index in [-0.39, 0.29) is 11.9 Å². The normalized spacial score (nSPS) is 12.5. The zero-order chi connectivity index (χ0) is 21.0. The Balaban J connectivity index is 1.75. The van der Waals surface area contributed by atoms with E-state index >= 15 is 0 Å². The van der Waals surface area contributed by atoms with E-state index in [1.807, 2.05) is 25.1 Å². The molecule has 1 N–H and O–H groups in total. The van der Waals surface area contributed by atoms with Gasteiger partial charge in [-0.3, -0.25) is 4.79 Å². The van der Waals surface area contributed by atoms with Crippen LogP contribution in [-0.2, 0) is 6.54 Å². The number of rotatable bonds is 8. The third-order valence-electron chi connectivity index (χ3n) is 5.22. The lowest BCUT2D eigenvalue weighted by atomic mass is 10.0. The van der Waals surface area contributed by atoms with Gasteiger partial charge >= 0.3 is 0 Å². The van der Waals surface area contributed by atoms with Crippen molar-refractivity contribution >= 4 is 28.9 Å². The van der Waals surface area contributed by atoms with Gasteiger partial charge in [0, 0.05) is 23.5 Å². The zero-order valence-electron chi connectivity index (χ0n) is 17.9. The lowest BCUT2D eigenvalue weighted by Crippen LogP contribution is -2.28. The van der Waals surface area contributed by atoms with Crippen molar-refractivity contribution < 1.29 is 4.79 Å². The molecule has 1 amide bonds. The second-order valence-corrected chi connectivity index (χ2v) is 8.42. The van der Waals surface area contributed by atoms with E-state index in [9.17, 15) is 4.79 Å². The highest BCUT2D eigenvalue weighted by Crippen LogP contribution is 2.25. The number of aryl methyl sites for hydroxylation is 2. The molecule has 0 bridgehead atoms. The Morgan fingerprint density at radius 3 is 2.52 bits per heavy atom. The molecule has 1 aromatic heterocycles. The van der Waals surface area contributed by atoms with Crippen LogP contribution in [0.25, 0.3) is 11.0 Å². The van der Waals surface area contributed by atoms with Crippen molar-refractivity contribution in [2.75, 3.05) is 13.6 Å². The van der Waals surface area contributed by atoms with Crippen molar-refractivity contribution in [2.24, 2.45) is 0 Å². The van der Waals surface area contributed by atoms with Gasteiger partial charge < -0.3 is 9.88 Å². The van der Waals surface area contributed by atoms with E-state index in [1.54, 1.807) is 11.9 Å². The lowest BCUT2D eigenvalue weighted by molar-refractivity contribution is 0.0935. The van der Waals surface area contributed by atoms with Crippen LogP contribution in [0.4, 0.5) is 0 Å². The van der Waals surface area contributed by atoms with Crippen molar-refractivity contribution in [1.82, 2.24) is 19.2 Å². The maximum absolute atomic E-state index is 12.9. The Kier molecular flexibility index (Phi) is 6.98. The van der Waals surface area contributed by atoms with Gasteiger partial charge in [-0.1, -0.05) is 26.0 Å². The van der Waals surface area contributed by atoms with Crippen LogP contribution in [0.1, 0.15) is 55.0 Å². The van der Waals surface area contributed by atoms with Crippen LogP contribution < -0.4 is 5.32 Å². The molecule has 0 aliphatic rings. The Morgan fingerprint density at radius 2 is 1.90 bits per heavy atom. The summed E-state index contributed by atoms with van der Waals surface area (Å²) in [6.07, 6.45) is 0.832. The van der Waals surface area contributed by atoms with Crippen LogP contribution in [0.15, 0.2) is 47.4 Å². The number of hydrogen-bond acceptors (Lipinski definition) is 4. The third-order valence-corrected chi connectivity index (χ3v) is 6.27. The number of amides is 1. The molecular weight excluding hydrogens is 380 g/mol. The molecule has 2 aromatic carbocycles. The molecule has 0 spiro atoms. The van der Waals surface area contributed by atoms with Gasteiger partial charge in [-0.15, -0.1) is 0 Å². The molecule has 1 heterocycles. The average molecular weight is 411 g/mol. The van der Waals surface area contributed by atoms with Crippen LogP contribution in [0, 0.1) is 6.92 Å². The van der Waals surface area contributed by atoms with Crippen LogP contribution >= 0.6 is 11.9 Å². The van der Waals surface area contributed by atoms with Crippen LogP contribution in [0.5, 0.6) is 0 Å². The van der Waals surface area contributed by atoms with E-state index in [0.717, 1.165) is 41.9 Å². The number of nitrogens with zero attached hydrogens (tertiary/aromatic N) is 3. The molecule has 3 aromatic rings. The average Bonchev–Trinajstić information content (AvgIpc) is 3.06. The van der Waals surface area contributed by atoms with Crippen molar-refractivity contribution in [1.29, 1.82) is 0 Å². The van der Waals surface area contributed by atoms with Gasteiger partial charge in [-0.25, -0.2) is 9.29 Å². The molecule has 5 nitrogen and oxygen atoms in total. The second-order valence-electron chi connectivity index (χ2n) is 7.15. The fourth-order valence-corrected chi connectivity index (χ4v) is 4.21. The monoisotopic (exact) mass is 410 g/mol. The molecule has 0 saturated heterocycles. The molecule has 154 valence electrons. The van der Waals surface area contributed by atoms with Crippen molar-refractivity contribution in [3.05, 3.63) is 59.4 Å². The molecule has 6 heteroatoms. The highest BCUT2D eigenvalue weighted by atomic mass is 32.2. The SMILES string of the molecule is CC[C@H](NC(=O)c1ccc2c(c1)nc(C)n2CC)c1ccc(SN(C)CC)cc1. The Hall–Kier alpha value is -2.31. The number of hydrogen-bond donors (Lipinski definition) is 1. The van der Waals surface area contributed by atoms with E-state index in [0.29, 0.717) is 5.56 Å². The van der Waals surface area contributed by atoms with Crippen LogP contribution in [0.3, 0.4) is 0 Å². The largest absolute Gasteiger partial charge is 0.345 e. The number of nitrogens with one attached hydrogen (secondary N) is 1. The summed E-state index contributed by atoms with van der Waals surface area (Å²) in [7, 11) is 2.08. The molecule has 0 saturated carbocycles. The summed E-state index contributed by atoms with van der Waals surface area (Å²) in [5.41, 5.74) is 3.70. The minimum Gasteiger partial charge on any atom is -0.345 e. The Bertz CT molecular complexity index is 980. The van der Waals surface area contributed by atoms with Gasteiger partial charge in [0.15, 0.2) is 0 Å². The summed E-state index contributed by atoms with van der Waals surface area (Å²) >= 11 is 1.73. The molecular formula is C23H30N4OS. The van der Waals surface area contributed by atoms with Gasteiger partial charge in [0.05, 0.1) is 17.1 Å². The topological polar surface area (TPSA) is 50.2 Å². The summed E-state index contributed by atoms with van der Waals surface area (Å²) in [4.78, 5) is 18.7. The number of fused-ring (bicyclic) bond motifs is 1. The second kappa shape index (κ2) is 9.46. The van der Waals surface area contributed by atoms with Crippen molar-refractivity contribution in [3.63, 3.8) is 0 Å². The molecule has 0 aliphatic heterocycles. The maximum atomic E-state index is 12.9. The van der Waals surface area contributed by atoms with Gasteiger partial charge in [-0.05, 0) is 75.2 Å². The number of carbonyl (C=O) groups is 1. The third kappa shape index (κ3) is 4.82. The first-order chi connectivity index (χ1) is 14.0. The highest BCUT2D eigenvalue weighted by molar-refractivity contribution is 7.97. The van der Waals surface area contributed by atoms with E-state index < -0.39 is 0 Å². The number of carbonyl (C=O) groups excluding carboxylic acids is 1. The lowest BCUT2D eigenvalue weighted by Gasteiger charge is -2.19. The van der Waals surface area contributed by atoms with Crippen molar-refractivity contribution in [2.45, 2.75) is 51.6 Å². The smallest absolute Gasteiger partial charge is 0.251 e. The Labute approximate surface area is 177 Å². The van der Waals surface area contributed by atoms with E-state index in [4.69, 9.17) is 0 Å². The molecule has 0 aliphatic carbocycles. The fraction of sp³-hybridized carbons (Fsp3) is 0.391. The minimum atomic E-state index is -0.0633. The predicted molar refractivity (Wildman–Crippen MR) is 121 cm³/mol. The molecule has 1 atom stereocenters. The number of imidazole rings is 1. The molecule has 0 unspecified atom stereocenters. The van der Waals surface area contributed by atoms with Gasteiger partial charge in [0.25, 0.3) is 5.91 Å². The Morgan fingerprint density at radius 1 is 1.17 bits per heavy atom. The maximum Gasteiger partial charge on any atom is 0.251 e. The summed E-state index contributed by atoms with van der Waals surface area (Å²) in [6, 6.07) is 14.2. The van der Waals surface area contributed by atoms with E-state index in [1.165, 1.54) is 4.90 Å². The standard InChI is InChI=1S/C23H30N4OS/c1-6-20(17-9-12-19(13-10-17)29-26(5)7-2)25-23(28)18-11-14-22-21(15-18)24-16(4)27(22)8-3/h9-15,20H,6-8H2,1-5H3,(H,25,28)/t20-/m0/s1. The summed E-state index contributed by atoms with van der Waals surface area (Å²) in [5, 5.41) is 3.18. The first kappa shape index (κ1) is 21.4. The number of aromatic nitrogens is 2. The van der Waals surface area contributed by atoms with Crippen molar-refractivity contribution in [3.8, 4) is 0 Å². The first-order valence-electron chi connectivity index (χ1n) is 10.2. The molecule has 29 heavy (non-hydrogen) atoms. The van der Waals surface area contributed by atoms with Gasteiger partial charge in [-0.2, -0.15) is 0 Å². The van der Waals surface area contributed by atoms with Crippen LogP contribution in [-0.4, -0.2) is 33.4 Å². The van der Waals surface area contributed by atoms with Crippen LogP contribution in [0.2, 0.25) is 0 Å². The summed E-state index contributed by atoms with van der Waals surface area (Å²) < 4.78 is 4.34. The zero-order valence-corrected chi connectivity index (χ0v) is 18.7.